The highest BCUT2D eigenvalue weighted by Gasteiger charge is 2.21. The molecule has 15 heavy (non-hydrogen) atoms. The molecule has 1 aromatic heterocycles. The summed E-state index contributed by atoms with van der Waals surface area (Å²) in [5, 5.41) is 17.3. The van der Waals surface area contributed by atoms with Crippen LogP contribution in [-0.2, 0) is 19.6 Å². The molecular formula is C11H19N3O. The van der Waals surface area contributed by atoms with Gasteiger partial charge in [0, 0.05) is 6.54 Å². The van der Waals surface area contributed by atoms with Gasteiger partial charge in [-0.3, -0.25) is 0 Å². The van der Waals surface area contributed by atoms with Gasteiger partial charge < -0.3 is 5.11 Å². The molecule has 2 rings (SSSR count). The molecule has 1 heterocycles. The predicted octanol–water partition coefficient (Wildman–Crippen LogP) is 1.52. The summed E-state index contributed by atoms with van der Waals surface area (Å²) < 4.78 is 1.98. The maximum Gasteiger partial charge on any atom is 0.111 e. The Balaban J connectivity index is 2.02. The van der Waals surface area contributed by atoms with Gasteiger partial charge in [0.05, 0.1) is 12.3 Å². The second kappa shape index (κ2) is 4.75. The van der Waals surface area contributed by atoms with Gasteiger partial charge in [-0.2, -0.15) is 0 Å². The molecule has 1 aliphatic carbocycles. The van der Waals surface area contributed by atoms with E-state index in [1.807, 2.05) is 4.68 Å². The van der Waals surface area contributed by atoms with Crippen molar-refractivity contribution in [2.45, 2.75) is 52.2 Å². The van der Waals surface area contributed by atoms with Crippen molar-refractivity contribution in [3.8, 4) is 0 Å². The summed E-state index contributed by atoms with van der Waals surface area (Å²) >= 11 is 0. The molecule has 0 unspecified atom stereocenters. The fourth-order valence-corrected chi connectivity index (χ4v) is 1.89. The maximum absolute atomic E-state index is 9.13. The van der Waals surface area contributed by atoms with Gasteiger partial charge in [-0.25, -0.2) is 4.68 Å². The van der Waals surface area contributed by atoms with Crippen molar-refractivity contribution in [1.82, 2.24) is 15.0 Å². The topological polar surface area (TPSA) is 50.9 Å². The lowest BCUT2D eigenvalue weighted by atomic mass is 10.2. The summed E-state index contributed by atoms with van der Waals surface area (Å²) in [6, 6.07) is 0. The van der Waals surface area contributed by atoms with Crippen LogP contribution >= 0.6 is 0 Å². The van der Waals surface area contributed by atoms with E-state index in [0.717, 1.165) is 36.7 Å². The molecule has 84 valence electrons. The summed E-state index contributed by atoms with van der Waals surface area (Å²) in [4.78, 5) is 0. The Hall–Kier alpha value is -0.900. The Bertz CT molecular complexity index is 318. The number of hydrogen-bond acceptors (Lipinski definition) is 3. The Morgan fingerprint density at radius 3 is 2.87 bits per heavy atom. The van der Waals surface area contributed by atoms with Gasteiger partial charge in [0.2, 0.25) is 0 Å². The second-order valence-electron chi connectivity index (χ2n) is 4.35. The summed E-state index contributed by atoms with van der Waals surface area (Å²) in [5.41, 5.74) is 1.88. The molecule has 0 spiro atoms. The van der Waals surface area contributed by atoms with Gasteiger partial charge in [-0.05, 0) is 18.8 Å². The van der Waals surface area contributed by atoms with Gasteiger partial charge in [-0.15, -0.1) is 5.10 Å². The monoisotopic (exact) mass is 209 g/mol. The number of aliphatic hydroxyl groups excluding tert-OH is 1. The maximum atomic E-state index is 9.13. The average molecular weight is 209 g/mol. The molecule has 0 amide bonds. The molecular weight excluding hydrogens is 190 g/mol. The third-order valence-corrected chi connectivity index (χ3v) is 3.00. The lowest BCUT2D eigenvalue weighted by Gasteiger charge is -2.05. The van der Waals surface area contributed by atoms with Crippen molar-refractivity contribution in [3.63, 3.8) is 0 Å². The fourth-order valence-electron chi connectivity index (χ4n) is 1.89. The number of hydrogen-bond donors (Lipinski definition) is 1. The molecule has 1 fully saturated rings. The van der Waals surface area contributed by atoms with Crippen molar-refractivity contribution in [1.29, 1.82) is 0 Å². The van der Waals surface area contributed by atoms with Crippen LogP contribution in [0.5, 0.6) is 0 Å². The molecule has 1 N–H and O–H groups in total. The minimum atomic E-state index is 0.0127. The molecule has 0 bridgehead atoms. The largest absolute Gasteiger partial charge is 0.390 e. The van der Waals surface area contributed by atoms with Crippen LogP contribution in [0.3, 0.4) is 0 Å². The van der Waals surface area contributed by atoms with E-state index >= 15 is 0 Å². The first-order valence-electron chi connectivity index (χ1n) is 5.87. The van der Waals surface area contributed by atoms with Gasteiger partial charge in [0.1, 0.15) is 5.69 Å². The first-order chi connectivity index (χ1) is 7.35. The number of aromatic nitrogens is 3. The lowest BCUT2D eigenvalue weighted by molar-refractivity contribution is 0.275. The molecule has 4 nitrogen and oxygen atoms in total. The Kier molecular flexibility index (Phi) is 3.36. The smallest absolute Gasteiger partial charge is 0.111 e. The van der Waals surface area contributed by atoms with Gasteiger partial charge in [0.15, 0.2) is 0 Å². The van der Waals surface area contributed by atoms with Gasteiger partial charge in [0.25, 0.3) is 0 Å². The summed E-state index contributed by atoms with van der Waals surface area (Å²) in [7, 11) is 0. The van der Waals surface area contributed by atoms with E-state index in [2.05, 4.69) is 17.2 Å². The van der Waals surface area contributed by atoms with Crippen molar-refractivity contribution >= 4 is 0 Å². The van der Waals surface area contributed by atoms with Crippen LogP contribution in [0.2, 0.25) is 0 Å². The fraction of sp³-hybridized carbons (Fsp3) is 0.818. The normalized spacial score (nSPS) is 15.9. The van der Waals surface area contributed by atoms with Crippen molar-refractivity contribution < 1.29 is 5.11 Å². The lowest BCUT2D eigenvalue weighted by Crippen LogP contribution is -2.07. The zero-order valence-corrected chi connectivity index (χ0v) is 9.32. The van der Waals surface area contributed by atoms with E-state index in [1.54, 1.807) is 0 Å². The Labute approximate surface area is 90.3 Å². The van der Waals surface area contributed by atoms with Crippen LogP contribution in [0.4, 0.5) is 0 Å². The molecule has 1 aliphatic rings. The summed E-state index contributed by atoms with van der Waals surface area (Å²) in [6.45, 7) is 3.12. The second-order valence-corrected chi connectivity index (χ2v) is 4.35. The van der Waals surface area contributed by atoms with Crippen LogP contribution in [-0.4, -0.2) is 20.1 Å². The van der Waals surface area contributed by atoms with E-state index in [4.69, 9.17) is 5.11 Å². The summed E-state index contributed by atoms with van der Waals surface area (Å²) in [5.74, 6) is 0.918. The third-order valence-electron chi connectivity index (χ3n) is 3.00. The SMILES string of the molecule is CCCc1c(CO)nnn1CCC1CC1. The van der Waals surface area contributed by atoms with Crippen LogP contribution in [0.15, 0.2) is 0 Å². The number of aliphatic hydroxyl groups is 1. The van der Waals surface area contributed by atoms with Crippen LogP contribution in [0.1, 0.15) is 44.0 Å². The minimum absolute atomic E-state index is 0.0127. The highest BCUT2D eigenvalue weighted by molar-refractivity contribution is 5.09. The van der Waals surface area contributed by atoms with Crippen LogP contribution < -0.4 is 0 Å². The van der Waals surface area contributed by atoms with E-state index in [9.17, 15) is 0 Å². The average Bonchev–Trinajstić information content (AvgIpc) is 2.99. The first kappa shape index (κ1) is 10.6. The van der Waals surface area contributed by atoms with Gasteiger partial charge in [-0.1, -0.05) is 31.4 Å². The van der Waals surface area contributed by atoms with Gasteiger partial charge >= 0.3 is 0 Å². The standard InChI is InChI=1S/C11H19N3O/c1-2-3-11-10(8-15)12-13-14(11)7-6-9-4-5-9/h9,15H,2-8H2,1H3. The summed E-state index contributed by atoms with van der Waals surface area (Å²) in [6.07, 6.45) is 6.01. The number of nitrogens with zero attached hydrogens (tertiary/aromatic N) is 3. The third kappa shape index (κ3) is 2.56. The molecule has 0 aromatic carbocycles. The van der Waals surface area contributed by atoms with Crippen molar-refractivity contribution in [3.05, 3.63) is 11.4 Å². The van der Waals surface area contributed by atoms with Crippen molar-refractivity contribution in [2.24, 2.45) is 5.92 Å². The molecule has 4 heteroatoms. The number of rotatable bonds is 6. The Morgan fingerprint density at radius 1 is 1.47 bits per heavy atom. The van der Waals surface area contributed by atoms with Crippen LogP contribution in [0.25, 0.3) is 0 Å². The van der Waals surface area contributed by atoms with E-state index in [-0.39, 0.29) is 6.61 Å². The van der Waals surface area contributed by atoms with E-state index < -0.39 is 0 Å². The molecule has 1 aromatic rings. The zero-order valence-electron chi connectivity index (χ0n) is 9.32. The predicted molar refractivity (Wildman–Crippen MR) is 57.3 cm³/mol. The molecule has 0 saturated heterocycles. The Morgan fingerprint density at radius 2 is 2.27 bits per heavy atom. The highest BCUT2D eigenvalue weighted by Crippen LogP contribution is 2.32. The quantitative estimate of drug-likeness (QED) is 0.773. The highest BCUT2D eigenvalue weighted by atomic mass is 16.3. The molecule has 0 aliphatic heterocycles. The molecule has 0 radical (unpaired) electrons. The number of aryl methyl sites for hydroxylation is 1. The molecule has 1 saturated carbocycles. The minimum Gasteiger partial charge on any atom is -0.390 e. The van der Waals surface area contributed by atoms with E-state index in [1.165, 1.54) is 19.3 Å². The molecule has 0 atom stereocenters. The van der Waals surface area contributed by atoms with Crippen molar-refractivity contribution in [2.75, 3.05) is 0 Å². The zero-order chi connectivity index (χ0) is 10.7. The first-order valence-corrected chi connectivity index (χ1v) is 5.87. The van der Waals surface area contributed by atoms with E-state index in [0.29, 0.717) is 0 Å². The van der Waals surface area contributed by atoms with Crippen LogP contribution in [0, 0.1) is 5.92 Å².